The Balaban J connectivity index is 1.87. The summed E-state index contributed by atoms with van der Waals surface area (Å²) in [5.41, 5.74) is 0.897. The molecule has 6 nitrogen and oxygen atoms in total. The molecule has 0 unspecified atom stereocenters. The lowest BCUT2D eigenvalue weighted by Gasteiger charge is -2.17. The Morgan fingerprint density at radius 2 is 1.78 bits per heavy atom. The van der Waals surface area contributed by atoms with Crippen molar-refractivity contribution in [2.45, 2.75) is 17.9 Å². The summed E-state index contributed by atoms with van der Waals surface area (Å²) in [6.45, 7) is 0.200. The number of benzene rings is 2. The highest BCUT2D eigenvalue weighted by Gasteiger charge is 2.17. The maximum atomic E-state index is 13.2. The van der Waals surface area contributed by atoms with Gasteiger partial charge in [-0.1, -0.05) is 12.1 Å². The Morgan fingerprint density at radius 1 is 1.11 bits per heavy atom. The Bertz CT molecular complexity index is 902. The molecule has 9 heteroatoms. The van der Waals surface area contributed by atoms with Crippen LogP contribution < -0.4 is 9.46 Å². The van der Waals surface area contributed by atoms with Gasteiger partial charge in [0.15, 0.2) is 11.6 Å². The summed E-state index contributed by atoms with van der Waals surface area (Å²) >= 11 is 0. The molecule has 0 aliphatic carbocycles. The Kier molecular flexibility index (Phi) is 6.86. The number of rotatable bonds is 8. The van der Waals surface area contributed by atoms with Gasteiger partial charge in [-0.3, -0.25) is 4.79 Å². The minimum absolute atomic E-state index is 0.0738. The van der Waals surface area contributed by atoms with E-state index in [0.29, 0.717) is 18.4 Å². The van der Waals surface area contributed by atoms with Gasteiger partial charge < -0.3 is 9.64 Å². The smallest absolute Gasteiger partial charge is 0.240 e. The first-order valence-electron chi connectivity index (χ1n) is 8.04. The monoisotopic (exact) mass is 398 g/mol. The second kappa shape index (κ2) is 8.92. The van der Waals surface area contributed by atoms with Crippen LogP contribution in [0.2, 0.25) is 0 Å². The van der Waals surface area contributed by atoms with Crippen LogP contribution >= 0.6 is 0 Å². The SMILES string of the molecule is COc1ccc(CN(C)C(=O)CCNS(=O)(=O)c2ccc(F)c(F)c2)cc1. The number of hydrogen-bond acceptors (Lipinski definition) is 4. The standard InChI is InChI=1S/C18H20F2N2O4S/c1-22(12-13-3-5-14(26-2)6-4-13)18(23)9-10-21-27(24,25)15-7-8-16(19)17(20)11-15/h3-8,11,21H,9-10,12H2,1-2H3. The minimum atomic E-state index is -4.03. The van der Waals surface area contributed by atoms with Crippen molar-refractivity contribution in [3.05, 3.63) is 59.7 Å². The van der Waals surface area contributed by atoms with Crippen LogP contribution in [0.5, 0.6) is 5.75 Å². The van der Waals surface area contributed by atoms with Gasteiger partial charge in [0.25, 0.3) is 0 Å². The molecular formula is C18H20F2N2O4S. The Labute approximate surface area is 156 Å². The summed E-state index contributed by atoms with van der Waals surface area (Å²) < 4.78 is 57.5. The Morgan fingerprint density at radius 3 is 2.37 bits per heavy atom. The fourth-order valence-electron chi connectivity index (χ4n) is 2.30. The summed E-state index contributed by atoms with van der Waals surface area (Å²) in [6, 6.07) is 9.50. The van der Waals surface area contributed by atoms with Crippen molar-refractivity contribution in [3.63, 3.8) is 0 Å². The first kappa shape index (κ1) is 20.8. The molecule has 0 heterocycles. The van der Waals surface area contributed by atoms with E-state index in [1.54, 1.807) is 26.3 Å². The average molecular weight is 398 g/mol. The molecule has 27 heavy (non-hydrogen) atoms. The van der Waals surface area contributed by atoms with E-state index in [-0.39, 0.29) is 18.9 Å². The number of nitrogens with one attached hydrogen (secondary N) is 1. The van der Waals surface area contributed by atoms with Crippen molar-refractivity contribution in [1.29, 1.82) is 0 Å². The fraction of sp³-hybridized carbons (Fsp3) is 0.278. The highest BCUT2D eigenvalue weighted by atomic mass is 32.2. The van der Waals surface area contributed by atoms with Gasteiger partial charge in [-0.25, -0.2) is 21.9 Å². The van der Waals surface area contributed by atoms with Gasteiger partial charge >= 0.3 is 0 Å². The van der Waals surface area contributed by atoms with Gasteiger partial charge in [0.2, 0.25) is 15.9 Å². The normalized spacial score (nSPS) is 11.3. The van der Waals surface area contributed by atoms with E-state index in [2.05, 4.69) is 4.72 Å². The van der Waals surface area contributed by atoms with Crippen molar-refractivity contribution in [2.24, 2.45) is 0 Å². The molecule has 1 amide bonds. The van der Waals surface area contributed by atoms with Crippen molar-refractivity contribution in [2.75, 3.05) is 20.7 Å². The molecule has 0 aliphatic heterocycles. The van der Waals surface area contributed by atoms with Crippen LogP contribution in [0, 0.1) is 11.6 Å². The fourth-order valence-corrected chi connectivity index (χ4v) is 3.35. The van der Waals surface area contributed by atoms with Gasteiger partial charge in [0.05, 0.1) is 12.0 Å². The van der Waals surface area contributed by atoms with Gasteiger partial charge in [0, 0.05) is 26.6 Å². The Hall–Kier alpha value is -2.52. The zero-order valence-corrected chi connectivity index (χ0v) is 15.7. The van der Waals surface area contributed by atoms with Crippen LogP contribution in [-0.2, 0) is 21.4 Å². The first-order valence-corrected chi connectivity index (χ1v) is 9.53. The van der Waals surface area contributed by atoms with Crippen LogP contribution in [0.15, 0.2) is 47.4 Å². The van der Waals surface area contributed by atoms with Crippen LogP contribution in [0.3, 0.4) is 0 Å². The molecular weight excluding hydrogens is 378 g/mol. The molecule has 0 aliphatic rings. The van der Waals surface area contributed by atoms with E-state index in [9.17, 15) is 22.0 Å². The molecule has 0 bridgehead atoms. The van der Waals surface area contributed by atoms with Gasteiger partial charge in [0.1, 0.15) is 5.75 Å². The van der Waals surface area contributed by atoms with E-state index < -0.39 is 26.6 Å². The number of ether oxygens (including phenoxy) is 1. The molecule has 2 rings (SSSR count). The molecule has 2 aromatic carbocycles. The largest absolute Gasteiger partial charge is 0.497 e. The van der Waals surface area contributed by atoms with E-state index in [0.717, 1.165) is 17.7 Å². The quantitative estimate of drug-likeness (QED) is 0.740. The number of hydrogen-bond donors (Lipinski definition) is 1. The molecule has 146 valence electrons. The number of nitrogens with zero attached hydrogens (tertiary/aromatic N) is 1. The third-order valence-electron chi connectivity index (χ3n) is 3.84. The topological polar surface area (TPSA) is 75.7 Å². The van der Waals surface area contributed by atoms with Crippen molar-refractivity contribution < 1.29 is 26.7 Å². The summed E-state index contributed by atoms with van der Waals surface area (Å²) in [6.07, 6.45) is -0.0738. The highest BCUT2D eigenvalue weighted by Crippen LogP contribution is 2.14. The number of sulfonamides is 1. The lowest BCUT2D eigenvalue weighted by molar-refractivity contribution is -0.130. The molecule has 0 atom stereocenters. The molecule has 0 spiro atoms. The van der Waals surface area contributed by atoms with E-state index >= 15 is 0 Å². The predicted molar refractivity (Wildman–Crippen MR) is 95.6 cm³/mol. The molecule has 2 aromatic rings. The maximum absolute atomic E-state index is 13.2. The summed E-state index contributed by atoms with van der Waals surface area (Å²) in [5, 5.41) is 0. The van der Waals surface area contributed by atoms with Crippen molar-refractivity contribution in [3.8, 4) is 5.75 Å². The maximum Gasteiger partial charge on any atom is 0.240 e. The number of halogens is 2. The second-order valence-corrected chi connectivity index (χ2v) is 7.59. The van der Waals surface area contributed by atoms with E-state index in [1.165, 1.54) is 4.90 Å². The third-order valence-corrected chi connectivity index (χ3v) is 5.30. The van der Waals surface area contributed by atoms with Crippen molar-refractivity contribution in [1.82, 2.24) is 9.62 Å². The number of carbonyl (C=O) groups is 1. The summed E-state index contributed by atoms with van der Waals surface area (Å²) in [5.74, 6) is -1.95. The lowest BCUT2D eigenvalue weighted by atomic mass is 10.2. The predicted octanol–water partition coefficient (Wildman–Crippen LogP) is 2.30. The average Bonchev–Trinajstić information content (AvgIpc) is 2.64. The van der Waals surface area contributed by atoms with Gasteiger partial charge in [-0.2, -0.15) is 0 Å². The molecule has 0 saturated heterocycles. The van der Waals surface area contributed by atoms with Crippen LogP contribution in [0.1, 0.15) is 12.0 Å². The lowest BCUT2D eigenvalue weighted by Crippen LogP contribution is -2.32. The minimum Gasteiger partial charge on any atom is -0.497 e. The van der Waals surface area contributed by atoms with E-state index in [4.69, 9.17) is 4.74 Å². The molecule has 0 fully saturated rings. The van der Waals surface area contributed by atoms with Gasteiger partial charge in [-0.15, -0.1) is 0 Å². The molecule has 0 radical (unpaired) electrons. The highest BCUT2D eigenvalue weighted by molar-refractivity contribution is 7.89. The number of amides is 1. The van der Waals surface area contributed by atoms with E-state index in [1.807, 2.05) is 12.1 Å². The summed E-state index contributed by atoms with van der Waals surface area (Å²) in [7, 11) is -0.860. The van der Waals surface area contributed by atoms with Crippen LogP contribution in [0.4, 0.5) is 8.78 Å². The molecule has 0 saturated carbocycles. The second-order valence-electron chi connectivity index (χ2n) is 5.82. The summed E-state index contributed by atoms with van der Waals surface area (Å²) in [4.78, 5) is 13.2. The first-order chi connectivity index (χ1) is 12.7. The van der Waals surface area contributed by atoms with Gasteiger partial charge in [-0.05, 0) is 35.9 Å². The zero-order valence-electron chi connectivity index (χ0n) is 14.9. The van der Waals surface area contributed by atoms with Crippen LogP contribution in [0.25, 0.3) is 0 Å². The number of methoxy groups -OCH3 is 1. The molecule has 0 aromatic heterocycles. The molecule has 1 N–H and O–H groups in total. The van der Waals surface area contributed by atoms with Crippen LogP contribution in [-0.4, -0.2) is 39.9 Å². The third kappa shape index (κ3) is 5.73. The van der Waals surface area contributed by atoms with Crippen molar-refractivity contribution >= 4 is 15.9 Å². The number of carbonyl (C=O) groups excluding carboxylic acids is 1. The zero-order chi connectivity index (χ0) is 20.0.